The zero-order valence-electron chi connectivity index (χ0n) is 6.62. The average molecular weight is 276 g/mol. The number of hydrogen-bond acceptors (Lipinski definition) is 3. The summed E-state index contributed by atoms with van der Waals surface area (Å²) in [6.45, 7) is 0. The average Bonchev–Trinajstić information content (AvgIpc) is 2.46. The SMILES string of the molecule is O=[N+]([O-])c1cc2c(Br)[nH]nc2cc1Cl. The van der Waals surface area contributed by atoms with Crippen molar-refractivity contribution in [2.75, 3.05) is 0 Å². The molecule has 0 aliphatic rings. The zero-order chi connectivity index (χ0) is 10.3. The van der Waals surface area contributed by atoms with Gasteiger partial charge in [-0.2, -0.15) is 5.10 Å². The first-order chi connectivity index (χ1) is 6.59. The van der Waals surface area contributed by atoms with Crippen molar-refractivity contribution < 1.29 is 4.92 Å². The lowest BCUT2D eigenvalue weighted by Crippen LogP contribution is -1.88. The van der Waals surface area contributed by atoms with Crippen LogP contribution >= 0.6 is 27.5 Å². The number of H-pyrrole nitrogens is 1. The van der Waals surface area contributed by atoms with Crippen LogP contribution in [0.25, 0.3) is 10.9 Å². The maximum absolute atomic E-state index is 10.6. The molecular formula is C7H3BrClN3O2. The molecule has 0 amide bonds. The Hall–Kier alpha value is -1.14. The van der Waals surface area contributed by atoms with Gasteiger partial charge in [-0.3, -0.25) is 15.2 Å². The van der Waals surface area contributed by atoms with Crippen molar-refractivity contribution in [2.24, 2.45) is 0 Å². The standard InChI is InChI=1S/C7H3BrClN3O2/c8-7-3-1-6(12(13)14)4(9)2-5(3)10-11-7/h1-2H,(H,10,11). The second-order valence-corrected chi connectivity index (χ2v) is 3.82. The number of aromatic amines is 1. The summed E-state index contributed by atoms with van der Waals surface area (Å²) < 4.78 is 0.604. The van der Waals surface area contributed by atoms with Gasteiger partial charge >= 0.3 is 0 Å². The summed E-state index contributed by atoms with van der Waals surface area (Å²) in [5, 5.41) is 17.9. The Morgan fingerprint density at radius 1 is 1.57 bits per heavy atom. The Bertz CT molecular complexity index is 525. The number of rotatable bonds is 1. The highest BCUT2D eigenvalue weighted by molar-refractivity contribution is 9.10. The van der Waals surface area contributed by atoms with Gasteiger partial charge in [0.15, 0.2) is 0 Å². The Kier molecular flexibility index (Phi) is 2.16. The highest BCUT2D eigenvalue weighted by Gasteiger charge is 2.15. The smallest absolute Gasteiger partial charge is 0.270 e. The van der Waals surface area contributed by atoms with E-state index in [0.29, 0.717) is 15.5 Å². The fourth-order valence-corrected chi connectivity index (χ4v) is 1.76. The van der Waals surface area contributed by atoms with Crippen LogP contribution in [0.3, 0.4) is 0 Å². The molecule has 7 heteroatoms. The molecule has 0 aliphatic carbocycles. The summed E-state index contributed by atoms with van der Waals surface area (Å²) in [4.78, 5) is 10.0. The molecule has 2 rings (SSSR count). The normalized spacial score (nSPS) is 10.7. The van der Waals surface area contributed by atoms with Crippen molar-refractivity contribution in [1.29, 1.82) is 0 Å². The fraction of sp³-hybridized carbons (Fsp3) is 0. The van der Waals surface area contributed by atoms with Gasteiger partial charge in [0, 0.05) is 11.5 Å². The molecule has 1 aromatic heterocycles. The molecule has 0 radical (unpaired) electrons. The van der Waals surface area contributed by atoms with E-state index < -0.39 is 4.92 Å². The minimum atomic E-state index is -0.527. The zero-order valence-corrected chi connectivity index (χ0v) is 8.96. The van der Waals surface area contributed by atoms with Crippen molar-refractivity contribution in [1.82, 2.24) is 10.2 Å². The molecule has 0 saturated heterocycles. The molecule has 5 nitrogen and oxygen atoms in total. The van der Waals surface area contributed by atoms with Gasteiger partial charge in [0.25, 0.3) is 5.69 Å². The number of benzene rings is 1. The van der Waals surface area contributed by atoms with E-state index in [4.69, 9.17) is 11.6 Å². The molecule has 0 atom stereocenters. The number of nitro groups is 1. The van der Waals surface area contributed by atoms with Gasteiger partial charge in [-0.05, 0) is 22.0 Å². The number of aromatic nitrogens is 2. The van der Waals surface area contributed by atoms with Crippen molar-refractivity contribution in [3.05, 3.63) is 31.9 Å². The number of fused-ring (bicyclic) bond motifs is 1. The van der Waals surface area contributed by atoms with Crippen LogP contribution in [0.2, 0.25) is 5.02 Å². The maximum atomic E-state index is 10.6. The van der Waals surface area contributed by atoms with E-state index in [1.165, 1.54) is 12.1 Å². The summed E-state index contributed by atoms with van der Waals surface area (Å²) in [5.74, 6) is 0. The lowest BCUT2D eigenvalue weighted by atomic mass is 10.2. The van der Waals surface area contributed by atoms with E-state index in [2.05, 4.69) is 26.1 Å². The van der Waals surface area contributed by atoms with Crippen LogP contribution in [0.1, 0.15) is 0 Å². The summed E-state index contributed by atoms with van der Waals surface area (Å²) in [6, 6.07) is 2.83. The third kappa shape index (κ3) is 1.36. The van der Waals surface area contributed by atoms with E-state index in [1.54, 1.807) is 0 Å². The van der Waals surface area contributed by atoms with Gasteiger partial charge in [0.1, 0.15) is 9.63 Å². The lowest BCUT2D eigenvalue weighted by Gasteiger charge is -1.94. The largest absolute Gasteiger partial charge is 0.288 e. The number of nitrogens with one attached hydrogen (secondary N) is 1. The lowest BCUT2D eigenvalue weighted by molar-refractivity contribution is -0.384. The van der Waals surface area contributed by atoms with Crippen LogP contribution in [0.4, 0.5) is 5.69 Å². The minimum Gasteiger partial charge on any atom is -0.270 e. The van der Waals surface area contributed by atoms with E-state index in [1.807, 2.05) is 0 Å². The Morgan fingerprint density at radius 3 is 2.93 bits per heavy atom. The molecule has 1 N–H and O–H groups in total. The van der Waals surface area contributed by atoms with Crippen LogP contribution in [0.5, 0.6) is 0 Å². The summed E-state index contributed by atoms with van der Waals surface area (Å²) >= 11 is 8.89. The van der Waals surface area contributed by atoms with Crippen LogP contribution in [-0.2, 0) is 0 Å². The van der Waals surface area contributed by atoms with Gasteiger partial charge in [-0.25, -0.2) is 0 Å². The van der Waals surface area contributed by atoms with Crippen molar-refractivity contribution in [3.63, 3.8) is 0 Å². The number of halogens is 2. The monoisotopic (exact) mass is 275 g/mol. The molecular weight excluding hydrogens is 273 g/mol. The molecule has 0 saturated carbocycles. The van der Waals surface area contributed by atoms with Gasteiger partial charge in [0.05, 0.1) is 10.4 Å². The number of nitro benzene ring substituents is 1. The van der Waals surface area contributed by atoms with Gasteiger partial charge in [-0.15, -0.1) is 0 Å². The summed E-state index contributed by atoms with van der Waals surface area (Å²) in [6.07, 6.45) is 0. The molecule has 0 fully saturated rings. The van der Waals surface area contributed by atoms with Crippen LogP contribution in [-0.4, -0.2) is 15.1 Å². The van der Waals surface area contributed by atoms with E-state index in [0.717, 1.165) is 0 Å². The fourth-order valence-electron chi connectivity index (χ4n) is 1.13. The molecule has 0 unspecified atom stereocenters. The first-order valence-corrected chi connectivity index (χ1v) is 4.74. The minimum absolute atomic E-state index is 0.0847. The summed E-state index contributed by atoms with van der Waals surface area (Å²) in [5.41, 5.74) is 0.466. The molecule has 1 heterocycles. The molecule has 72 valence electrons. The third-order valence-electron chi connectivity index (χ3n) is 1.77. The van der Waals surface area contributed by atoms with Gasteiger partial charge in [0.2, 0.25) is 0 Å². The molecule has 0 spiro atoms. The molecule has 1 aromatic carbocycles. The Balaban J connectivity index is 2.80. The van der Waals surface area contributed by atoms with E-state index in [-0.39, 0.29) is 10.7 Å². The topological polar surface area (TPSA) is 71.8 Å². The van der Waals surface area contributed by atoms with E-state index in [9.17, 15) is 10.1 Å². The molecule has 0 aliphatic heterocycles. The second kappa shape index (κ2) is 3.21. The maximum Gasteiger partial charge on any atom is 0.288 e. The van der Waals surface area contributed by atoms with Crippen molar-refractivity contribution in [3.8, 4) is 0 Å². The second-order valence-electron chi connectivity index (χ2n) is 2.62. The number of hydrogen-bond donors (Lipinski definition) is 1. The quantitative estimate of drug-likeness (QED) is 0.643. The van der Waals surface area contributed by atoms with Crippen LogP contribution in [0, 0.1) is 10.1 Å². The Morgan fingerprint density at radius 2 is 2.29 bits per heavy atom. The van der Waals surface area contributed by atoms with Crippen molar-refractivity contribution in [2.45, 2.75) is 0 Å². The molecule has 0 bridgehead atoms. The predicted octanol–water partition coefficient (Wildman–Crippen LogP) is 2.89. The Labute approximate surface area is 91.3 Å². The highest BCUT2D eigenvalue weighted by atomic mass is 79.9. The first kappa shape index (κ1) is 9.42. The van der Waals surface area contributed by atoms with Crippen molar-refractivity contribution >= 4 is 44.1 Å². The highest BCUT2D eigenvalue weighted by Crippen LogP contribution is 2.31. The molecule has 2 aromatic rings. The molecule has 14 heavy (non-hydrogen) atoms. The van der Waals surface area contributed by atoms with Gasteiger partial charge < -0.3 is 0 Å². The third-order valence-corrected chi connectivity index (χ3v) is 2.68. The summed E-state index contributed by atoms with van der Waals surface area (Å²) in [7, 11) is 0. The van der Waals surface area contributed by atoms with Crippen LogP contribution in [0.15, 0.2) is 16.7 Å². The first-order valence-electron chi connectivity index (χ1n) is 3.57. The van der Waals surface area contributed by atoms with Gasteiger partial charge in [-0.1, -0.05) is 11.6 Å². The predicted molar refractivity (Wildman–Crippen MR) is 55.5 cm³/mol. The van der Waals surface area contributed by atoms with E-state index >= 15 is 0 Å². The number of nitrogens with zero attached hydrogens (tertiary/aromatic N) is 2. The van der Waals surface area contributed by atoms with Crippen LogP contribution < -0.4 is 0 Å².